The van der Waals surface area contributed by atoms with Crippen LogP contribution in [0.2, 0.25) is 0 Å². The lowest BCUT2D eigenvalue weighted by Crippen LogP contribution is -2.47. The number of piperazine rings is 1. The highest BCUT2D eigenvalue weighted by atomic mass is 16.5. The number of amides is 1. The van der Waals surface area contributed by atoms with E-state index in [1.54, 1.807) is 7.11 Å². The van der Waals surface area contributed by atoms with Gasteiger partial charge in [0.2, 0.25) is 5.91 Å². The number of rotatable bonds is 9. The number of nitrogens with one attached hydrogen (secondary N) is 1. The van der Waals surface area contributed by atoms with E-state index in [0.29, 0.717) is 19.6 Å². The van der Waals surface area contributed by atoms with Crippen molar-refractivity contribution in [2.45, 2.75) is 13.3 Å². The molecule has 1 N–H and O–H groups in total. The molecule has 2 aromatic rings. The first-order chi connectivity index (χ1) is 14.1. The number of hydrogen-bond donors (Lipinski definition) is 1. The first-order valence-electron chi connectivity index (χ1n) is 10.2. The summed E-state index contributed by atoms with van der Waals surface area (Å²) in [4.78, 5) is 16.9. The van der Waals surface area contributed by atoms with E-state index >= 15 is 0 Å². The fourth-order valence-electron chi connectivity index (χ4n) is 3.43. The normalized spacial score (nSPS) is 14.5. The number of aryl methyl sites for hydroxylation is 1. The molecule has 0 aromatic heterocycles. The lowest BCUT2D eigenvalue weighted by atomic mass is 10.2. The SMILES string of the molecule is COc1ccc(OCCNC(=O)CCN2CCN(c3cccc(C)c3)CC2)cc1. The minimum Gasteiger partial charge on any atom is -0.497 e. The van der Waals surface area contributed by atoms with Crippen LogP contribution in [0.4, 0.5) is 5.69 Å². The summed E-state index contributed by atoms with van der Waals surface area (Å²) in [7, 11) is 1.63. The van der Waals surface area contributed by atoms with Gasteiger partial charge in [0.15, 0.2) is 0 Å². The van der Waals surface area contributed by atoms with Crippen molar-refractivity contribution in [3.05, 3.63) is 54.1 Å². The van der Waals surface area contributed by atoms with Gasteiger partial charge in [-0.2, -0.15) is 0 Å². The highest BCUT2D eigenvalue weighted by molar-refractivity contribution is 5.76. The van der Waals surface area contributed by atoms with Gasteiger partial charge in [0.1, 0.15) is 18.1 Å². The molecule has 0 atom stereocenters. The number of ether oxygens (including phenoxy) is 2. The standard InChI is InChI=1S/C23H31N3O3/c1-19-4-3-5-20(18-19)26-15-13-25(14-16-26)12-10-23(27)24-11-17-29-22-8-6-21(28-2)7-9-22/h3-9,18H,10-17H2,1-2H3,(H,24,27). The Labute approximate surface area is 173 Å². The van der Waals surface area contributed by atoms with Crippen LogP contribution in [0.1, 0.15) is 12.0 Å². The van der Waals surface area contributed by atoms with Crippen molar-refractivity contribution in [1.82, 2.24) is 10.2 Å². The third kappa shape index (κ3) is 6.68. The van der Waals surface area contributed by atoms with E-state index in [4.69, 9.17) is 9.47 Å². The largest absolute Gasteiger partial charge is 0.497 e. The predicted molar refractivity (Wildman–Crippen MR) is 116 cm³/mol. The summed E-state index contributed by atoms with van der Waals surface area (Å²) < 4.78 is 10.7. The average Bonchev–Trinajstić information content (AvgIpc) is 2.76. The van der Waals surface area contributed by atoms with Crippen LogP contribution in [0.15, 0.2) is 48.5 Å². The lowest BCUT2D eigenvalue weighted by molar-refractivity contribution is -0.121. The molecule has 1 aliphatic rings. The van der Waals surface area contributed by atoms with Gasteiger partial charge in [0.05, 0.1) is 13.7 Å². The van der Waals surface area contributed by atoms with Gasteiger partial charge in [-0.25, -0.2) is 0 Å². The molecular formula is C23H31N3O3. The molecule has 6 nitrogen and oxygen atoms in total. The molecule has 0 radical (unpaired) electrons. The van der Waals surface area contributed by atoms with Crippen molar-refractivity contribution in [2.24, 2.45) is 0 Å². The Hall–Kier alpha value is -2.73. The maximum atomic E-state index is 12.1. The van der Waals surface area contributed by atoms with Gasteiger partial charge in [-0.15, -0.1) is 0 Å². The van der Waals surface area contributed by atoms with E-state index in [2.05, 4.69) is 46.3 Å². The molecule has 0 aliphatic carbocycles. The molecule has 156 valence electrons. The third-order valence-corrected chi connectivity index (χ3v) is 5.15. The Morgan fingerprint density at radius 2 is 1.76 bits per heavy atom. The Morgan fingerprint density at radius 3 is 2.45 bits per heavy atom. The zero-order valence-corrected chi connectivity index (χ0v) is 17.4. The summed E-state index contributed by atoms with van der Waals surface area (Å²) in [6.07, 6.45) is 0.521. The van der Waals surface area contributed by atoms with Crippen molar-refractivity contribution in [1.29, 1.82) is 0 Å². The van der Waals surface area contributed by atoms with Crippen LogP contribution in [0, 0.1) is 6.92 Å². The predicted octanol–water partition coefficient (Wildman–Crippen LogP) is 2.71. The van der Waals surface area contributed by atoms with E-state index < -0.39 is 0 Å². The van der Waals surface area contributed by atoms with Crippen LogP contribution in [0.5, 0.6) is 11.5 Å². The number of methoxy groups -OCH3 is 1. The molecule has 1 aliphatic heterocycles. The molecule has 2 aromatic carbocycles. The third-order valence-electron chi connectivity index (χ3n) is 5.15. The zero-order chi connectivity index (χ0) is 20.5. The Kier molecular flexibility index (Phi) is 7.76. The fourth-order valence-corrected chi connectivity index (χ4v) is 3.43. The van der Waals surface area contributed by atoms with Crippen LogP contribution in [0.3, 0.4) is 0 Å². The van der Waals surface area contributed by atoms with Gasteiger partial charge in [0, 0.05) is 44.8 Å². The van der Waals surface area contributed by atoms with Gasteiger partial charge >= 0.3 is 0 Å². The van der Waals surface area contributed by atoms with Crippen LogP contribution in [-0.4, -0.2) is 63.8 Å². The smallest absolute Gasteiger partial charge is 0.221 e. The second-order valence-corrected chi connectivity index (χ2v) is 7.29. The number of carbonyl (C=O) groups excluding carboxylic acids is 1. The number of hydrogen-bond acceptors (Lipinski definition) is 5. The van der Waals surface area contributed by atoms with E-state index in [1.807, 2.05) is 24.3 Å². The van der Waals surface area contributed by atoms with Crippen molar-refractivity contribution >= 4 is 11.6 Å². The van der Waals surface area contributed by atoms with Crippen molar-refractivity contribution in [3.63, 3.8) is 0 Å². The summed E-state index contributed by atoms with van der Waals surface area (Å²) in [6, 6.07) is 16.1. The Balaban J connectivity index is 1.28. The summed E-state index contributed by atoms with van der Waals surface area (Å²) >= 11 is 0. The van der Waals surface area contributed by atoms with Crippen LogP contribution >= 0.6 is 0 Å². The topological polar surface area (TPSA) is 54.0 Å². The number of nitrogens with zero attached hydrogens (tertiary/aromatic N) is 2. The first-order valence-corrected chi connectivity index (χ1v) is 10.2. The zero-order valence-electron chi connectivity index (χ0n) is 17.4. The maximum absolute atomic E-state index is 12.1. The van der Waals surface area contributed by atoms with Crippen molar-refractivity contribution in [3.8, 4) is 11.5 Å². The Bertz CT molecular complexity index is 771. The van der Waals surface area contributed by atoms with Gasteiger partial charge in [-0.1, -0.05) is 12.1 Å². The molecule has 0 bridgehead atoms. The van der Waals surface area contributed by atoms with E-state index in [9.17, 15) is 4.79 Å². The van der Waals surface area contributed by atoms with Crippen LogP contribution in [-0.2, 0) is 4.79 Å². The van der Waals surface area contributed by atoms with Crippen LogP contribution < -0.4 is 19.7 Å². The average molecular weight is 398 g/mol. The molecule has 0 saturated carbocycles. The molecular weight excluding hydrogens is 366 g/mol. The molecule has 1 fully saturated rings. The van der Waals surface area contributed by atoms with E-state index in [-0.39, 0.29) is 5.91 Å². The van der Waals surface area contributed by atoms with Crippen molar-refractivity contribution < 1.29 is 14.3 Å². The molecule has 1 saturated heterocycles. The molecule has 6 heteroatoms. The number of anilines is 1. The highest BCUT2D eigenvalue weighted by Crippen LogP contribution is 2.18. The van der Waals surface area contributed by atoms with Gasteiger partial charge in [0.25, 0.3) is 0 Å². The fraction of sp³-hybridized carbons (Fsp3) is 0.435. The monoisotopic (exact) mass is 397 g/mol. The first kappa shape index (κ1) is 21.0. The number of carbonyl (C=O) groups is 1. The molecule has 0 spiro atoms. The summed E-state index contributed by atoms with van der Waals surface area (Å²) in [6.45, 7) is 7.86. The van der Waals surface area contributed by atoms with Crippen LogP contribution in [0.25, 0.3) is 0 Å². The van der Waals surface area contributed by atoms with E-state index in [0.717, 1.165) is 44.2 Å². The summed E-state index contributed by atoms with van der Waals surface area (Å²) in [5, 5.41) is 2.93. The Morgan fingerprint density at radius 1 is 1.03 bits per heavy atom. The van der Waals surface area contributed by atoms with Crippen molar-refractivity contribution in [2.75, 3.05) is 57.9 Å². The van der Waals surface area contributed by atoms with Gasteiger partial charge in [-0.3, -0.25) is 9.69 Å². The quantitative estimate of drug-likeness (QED) is 0.660. The molecule has 29 heavy (non-hydrogen) atoms. The summed E-state index contributed by atoms with van der Waals surface area (Å²) in [5.41, 5.74) is 2.58. The molecule has 1 heterocycles. The van der Waals surface area contributed by atoms with Gasteiger partial charge in [-0.05, 0) is 48.9 Å². The lowest BCUT2D eigenvalue weighted by Gasteiger charge is -2.36. The highest BCUT2D eigenvalue weighted by Gasteiger charge is 2.17. The maximum Gasteiger partial charge on any atom is 0.221 e. The summed E-state index contributed by atoms with van der Waals surface area (Å²) in [5.74, 6) is 1.64. The second kappa shape index (κ2) is 10.7. The van der Waals surface area contributed by atoms with Gasteiger partial charge < -0.3 is 19.7 Å². The minimum absolute atomic E-state index is 0.0736. The molecule has 1 amide bonds. The molecule has 0 unspecified atom stereocenters. The second-order valence-electron chi connectivity index (χ2n) is 7.29. The molecule has 3 rings (SSSR count). The van der Waals surface area contributed by atoms with E-state index in [1.165, 1.54) is 11.3 Å². The minimum atomic E-state index is 0.0736. The number of benzene rings is 2.